The van der Waals surface area contributed by atoms with E-state index in [0.717, 1.165) is 0 Å². The van der Waals surface area contributed by atoms with E-state index in [-0.39, 0.29) is 6.54 Å². The summed E-state index contributed by atoms with van der Waals surface area (Å²) in [7, 11) is 1.52. The molecule has 122 valence electrons. The fourth-order valence-electron chi connectivity index (χ4n) is 2.00. The molecule has 0 heterocycles. The number of aliphatic hydroxyl groups excluding tert-OH is 1. The highest BCUT2D eigenvalue weighted by Gasteiger charge is 2.14. The Labute approximate surface area is 144 Å². The van der Waals surface area contributed by atoms with Crippen molar-refractivity contribution in [3.05, 3.63) is 58.1 Å². The van der Waals surface area contributed by atoms with Gasteiger partial charge in [0.05, 0.1) is 23.9 Å². The number of carbonyl (C=O) groups excluding carboxylic acids is 1. The summed E-state index contributed by atoms with van der Waals surface area (Å²) < 4.78 is 5.18. The summed E-state index contributed by atoms with van der Waals surface area (Å²) in [5, 5.41) is 16.1. The van der Waals surface area contributed by atoms with Crippen molar-refractivity contribution in [2.24, 2.45) is 0 Å². The number of carbonyl (C=O) groups is 1. The lowest BCUT2D eigenvalue weighted by Crippen LogP contribution is -2.32. The highest BCUT2D eigenvalue weighted by atomic mass is 35.5. The monoisotopic (exact) mass is 354 g/mol. The van der Waals surface area contributed by atoms with Crippen molar-refractivity contribution >= 4 is 34.9 Å². The molecule has 2 aromatic carbocycles. The molecule has 2 aromatic rings. The number of rotatable bonds is 5. The SMILES string of the molecule is COc1ccccc1[C@H](O)CNC(=O)Nc1ccc(Cl)cc1Cl. The van der Waals surface area contributed by atoms with Crippen molar-refractivity contribution in [3.8, 4) is 5.75 Å². The van der Waals surface area contributed by atoms with E-state index in [1.54, 1.807) is 36.4 Å². The fraction of sp³-hybridized carbons (Fsp3) is 0.188. The molecule has 0 spiro atoms. The van der Waals surface area contributed by atoms with Crippen LogP contribution in [0.2, 0.25) is 10.0 Å². The van der Waals surface area contributed by atoms with Crippen molar-refractivity contribution in [1.82, 2.24) is 5.32 Å². The summed E-state index contributed by atoms with van der Waals surface area (Å²) in [5.41, 5.74) is 1.03. The van der Waals surface area contributed by atoms with Crippen LogP contribution in [0.5, 0.6) is 5.75 Å². The molecule has 0 fully saturated rings. The maximum Gasteiger partial charge on any atom is 0.319 e. The predicted molar refractivity (Wildman–Crippen MR) is 91.4 cm³/mol. The summed E-state index contributed by atoms with van der Waals surface area (Å²) in [4.78, 5) is 11.9. The van der Waals surface area contributed by atoms with E-state index < -0.39 is 12.1 Å². The minimum Gasteiger partial charge on any atom is -0.496 e. The minimum atomic E-state index is -0.891. The van der Waals surface area contributed by atoms with Crippen molar-refractivity contribution in [3.63, 3.8) is 0 Å². The van der Waals surface area contributed by atoms with Gasteiger partial charge < -0.3 is 20.5 Å². The smallest absolute Gasteiger partial charge is 0.319 e. The molecule has 2 amide bonds. The zero-order chi connectivity index (χ0) is 16.8. The normalized spacial score (nSPS) is 11.7. The predicted octanol–water partition coefficient (Wildman–Crippen LogP) is 3.86. The Kier molecular flexibility index (Phi) is 6.10. The van der Waals surface area contributed by atoms with Crippen LogP contribution in [0, 0.1) is 0 Å². The third kappa shape index (κ3) is 4.76. The Balaban J connectivity index is 1.93. The van der Waals surface area contributed by atoms with Gasteiger partial charge in [-0.2, -0.15) is 0 Å². The molecule has 7 heteroatoms. The number of aliphatic hydroxyl groups is 1. The van der Waals surface area contributed by atoms with E-state index in [0.29, 0.717) is 27.0 Å². The van der Waals surface area contributed by atoms with Gasteiger partial charge in [-0.15, -0.1) is 0 Å². The van der Waals surface area contributed by atoms with E-state index in [1.165, 1.54) is 13.2 Å². The van der Waals surface area contributed by atoms with E-state index in [9.17, 15) is 9.90 Å². The zero-order valence-electron chi connectivity index (χ0n) is 12.3. The fourth-order valence-corrected chi connectivity index (χ4v) is 2.45. The van der Waals surface area contributed by atoms with E-state index >= 15 is 0 Å². The number of amides is 2. The number of para-hydroxylation sites is 1. The van der Waals surface area contributed by atoms with Gasteiger partial charge in [-0.05, 0) is 24.3 Å². The number of urea groups is 1. The molecule has 5 nitrogen and oxygen atoms in total. The van der Waals surface area contributed by atoms with Gasteiger partial charge in [0.1, 0.15) is 5.75 Å². The standard InChI is InChI=1S/C16H16Cl2N2O3/c1-23-15-5-3-2-4-11(15)14(21)9-19-16(22)20-13-7-6-10(17)8-12(13)18/h2-8,14,21H,9H2,1H3,(H2,19,20,22)/t14-/m1/s1. The lowest BCUT2D eigenvalue weighted by Gasteiger charge is -2.16. The molecule has 0 aliphatic carbocycles. The Bertz CT molecular complexity index is 695. The van der Waals surface area contributed by atoms with Crippen LogP contribution in [0.15, 0.2) is 42.5 Å². The second-order valence-corrected chi connectivity index (χ2v) is 5.56. The van der Waals surface area contributed by atoms with Gasteiger partial charge in [-0.1, -0.05) is 41.4 Å². The Hall–Kier alpha value is -1.95. The topological polar surface area (TPSA) is 70.6 Å². The largest absolute Gasteiger partial charge is 0.496 e. The first kappa shape index (κ1) is 17.4. The zero-order valence-corrected chi connectivity index (χ0v) is 13.9. The molecule has 0 aliphatic heterocycles. The van der Waals surface area contributed by atoms with Crippen LogP contribution in [0.4, 0.5) is 10.5 Å². The summed E-state index contributed by atoms with van der Waals surface area (Å²) in [6.07, 6.45) is -0.891. The average molecular weight is 355 g/mol. The highest BCUT2D eigenvalue weighted by molar-refractivity contribution is 6.36. The number of halogens is 2. The van der Waals surface area contributed by atoms with Crippen molar-refractivity contribution in [2.45, 2.75) is 6.10 Å². The number of anilines is 1. The first-order chi connectivity index (χ1) is 11.0. The molecule has 23 heavy (non-hydrogen) atoms. The first-order valence-corrected chi connectivity index (χ1v) is 7.57. The Morgan fingerprint density at radius 1 is 1.26 bits per heavy atom. The quantitative estimate of drug-likeness (QED) is 0.763. The minimum absolute atomic E-state index is 0.0252. The van der Waals surface area contributed by atoms with Gasteiger partial charge in [-0.25, -0.2) is 4.79 Å². The van der Waals surface area contributed by atoms with Gasteiger partial charge in [-0.3, -0.25) is 0 Å². The highest BCUT2D eigenvalue weighted by Crippen LogP contribution is 2.26. The average Bonchev–Trinajstić information content (AvgIpc) is 2.55. The first-order valence-electron chi connectivity index (χ1n) is 6.82. The molecular formula is C16H16Cl2N2O3. The van der Waals surface area contributed by atoms with Crippen LogP contribution in [0.25, 0.3) is 0 Å². The van der Waals surface area contributed by atoms with Gasteiger partial charge in [0.15, 0.2) is 0 Å². The van der Waals surface area contributed by atoms with Crippen LogP contribution < -0.4 is 15.4 Å². The van der Waals surface area contributed by atoms with Crippen molar-refractivity contribution in [2.75, 3.05) is 19.0 Å². The van der Waals surface area contributed by atoms with Gasteiger partial charge >= 0.3 is 6.03 Å². The second-order valence-electron chi connectivity index (χ2n) is 4.72. The summed E-state index contributed by atoms with van der Waals surface area (Å²) in [6.45, 7) is 0.0252. The lowest BCUT2D eigenvalue weighted by atomic mass is 10.1. The van der Waals surface area contributed by atoms with Gasteiger partial charge in [0.25, 0.3) is 0 Å². The third-order valence-corrected chi connectivity index (χ3v) is 3.68. The van der Waals surface area contributed by atoms with Gasteiger partial charge in [0.2, 0.25) is 0 Å². The number of benzene rings is 2. The van der Waals surface area contributed by atoms with Crippen LogP contribution in [0.1, 0.15) is 11.7 Å². The van der Waals surface area contributed by atoms with Crippen molar-refractivity contribution in [1.29, 1.82) is 0 Å². The molecule has 1 atom stereocenters. The summed E-state index contributed by atoms with van der Waals surface area (Å²) >= 11 is 11.8. The molecule has 0 unspecified atom stereocenters. The second kappa shape index (κ2) is 8.06. The number of hydrogen-bond donors (Lipinski definition) is 3. The number of methoxy groups -OCH3 is 1. The van der Waals surface area contributed by atoms with Crippen LogP contribution >= 0.6 is 23.2 Å². The third-order valence-electron chi connectivity index (χ3n) is 3.13. The Morgan fingerprint density at radius 3 is 2.70 bits per heavy atom. The molecule has 3 N–H and O–H groups in total. The van der Waals surface area contributed by atoms with Gasteiger partial charge in [0, 0.05) is 17.1 Å². The molecule has 0 saturated heterocycles. The van der Waals surface area contributed by atoms with Crippen molar-refractivity contribution < 1.29 is 14.6 Å². The molecule has 2 rings (SSSR count). The Morgan fingerprint density at radius 2 is 2.00 bits per heavy atom. The number of nitrogens with one attached hydrogen (secondary N) is 2. The molecule has 0 saturated carbocycles. The molecule has 0 aromatic heterocycles. The van der Waals surface area contributed by atoms with E-state index in [4.69, 9.17) is 27.9 Å². The van der Waals surface area contributed by atoms with Crippen LogP contribution in [-0.2, 0) is 0 Å². The number of hydrogen-bond acceptors (Lipinski definition) is 3. The van der Waals surface area contributed by atoms with Crippen LogP contribution in [0.3, 0.4) is 0 Å². The van der Waals surface area contributed by atoms with E-state index in [1.807, 2.05) is 0 Å². The summed E-state index contributed by atoms with van der Waals surface area (Å²) in [6, 6.07) is 11.3. The molecule has 0 radical (unpaired) electrons. The number of ether oxygens (including phenoxy) is 1. The maximum atomic E-state index is 11.9. The molecular weight excluding hydrogens is 339 g/mol. The molecule has 0 aliphatic rings. The molecule has 0 bridgehead atoms. The lowest BCUT2D eigenvalue weighted by molar-refractivity contribution is 0.171. The van der Waals surface area contributed by atoms with Crippen LogP contribution in [-0.4, -0.2) is 24.8 Å². The summed E-state index contributed by atoms with van der Waals surface area (Å²) in [5.74, 6) is 0.558. The van der Waals surface area contributed by atoms with E-state index in [2.05, 4.69) is 10.6 Å². The maximum absolute atomic E-state index is 11.9.